The molecule has 17 heavy (non-hydrogen) atoms. The monoisotopic (exact) mass is 250 g/mol. The van der Waals surface area contributed by atoms with Crippen LogP contribution in [0.5, 0.6) is 0 Å². The molecule has 2 aromatic rings. The number of thiazole rings is 1. The summed E-state index contributed by atoms with van der Waals surface area (Å²) in [4.78, 5) is 5.71. The quantitative estimate of drug-likeness (QED) is 0.887. The van der Waals surface area contributed by atoms with Crippen LogP contribution in [0.1, 0.15) is 31.2 Å². The summed E-state index contributed by atoms with van der Waals surface area (Å²) < 4.78 is 1.97. The molecule has 1 unspecified atom stereocenters. The molecule has 92 valence electrons. The fraction of sp³-hybridized carbons (Fsp3) is 0.500. The third kappa shape index (κ3) is 2.73. The average Bonchev–Trinajstić information content (AvgIpc) is 2.96. The highest BCUT2D eigenvalue weighted by Crippen LogP contribution is 2.28. The van der Waals surface area contributed by atoms with E-state index in [-0.39, 0.29) is 0 Å². The Balaban J connectivity index is 2.18. The van der Waals surface area contributed by atoms with Gasteiger partial charge < -0.3 is 5.32 Å². The van der Waals surface area contributed by atoms with Crippen LogP contribution in [-0.2, 0) is 6.54 Å². The van der Waals surface area contributed by atoms with E-state index >= 15 is 0 Å². The van der Waals surface area contributed by atoms with Crippen LogP contribution in [0.25, 0.3) is 10.6 Å². The smallest absolute Gasteiger partial charge is 0.126 e. The number of rotatable bonds is 5. The van der Waals surface area contributed by atoms with Crippen molar-refractivity contribution in [2.24, 2.45) is 0 Å². The van der Waals surface area contributed by atoms with Gasteiger partial charge in [0.25, 0.3) is 0 Å². The molecule has 0 aliphatic carbocycles. The Morgan fingerprint density at radius 1 is 1.47 bits per heavy atom. The van der Waals surface area contributed by atoms with E-state index < -0.39 is 0 Å². The second-order valence-corrected chi connectivity index (χ2v) is 5.13. The van der Waals surface area contributed by atoms with Crippen LogP contribution in [0.3, 0.4) is 0 Å². The summed E-state index contributed by atoms with van der Waals surface area (Å²) >= 11 is 1.72. The van der Waals surface area contributed by atoms with Gasteiger partial charge in [-0.15, -0.1) is 11.3 Å². The molecule has 1 N–H and O–H groups in total. The molecule has 2 heterocycles. The van der Waals surface area contributed by atoms with Gasteiger partial charge in [-0.1, -0.05) is 6.92 Å². The van der Waals surface area contributed by atoms with Gasteiger partial charge in [-0.25, -0.2) is 4.98 Å². The van der Waals surface area contributed by atoms with Gasteiger partial charge in [0.2, 0.25) is 0 Å². The number of hydrogen-bond acceptors (Lipinski definition) is 4. The van der Waals surface area contributed by atoms with E-state index in [9.17, 15) is 0 Å². The molecule has 4 nitrogen and oxygen atoms in total. The minimum absolute atomic E-state index is 0.354. The predicted octanol–water partition coefficient (Wildman–Crippen LogP) is 2.70. The second-order valence-electron chi connectivity index (χ2n) is 4.07. The number of hydrogen-bond donors (Lipinski definition) is 1. The van der Waals surface area contributed by atoms with Crippen LogP contribution in [0, 0.1) is 0 Å². The molecule has 0 aliphatic heterocycles. The summed E-state index contributed by atoms with van der Waals surface area (Å²) in [6, 6.07) is 0.354. The Morgan fingerprint density at radius 2 is 2.29 bits per heavy atom. The lowest BCUT2D eigenvalue weighted by Crippen LogP contribution is -2.10. The van der Waals surface area contributed by atoms with Gasteiger partial charge in [-0.05, 0) is 20.4 Å². The number of nitrogens with one attached hydrogen (secondary N) is 1. The van der Waals surface area contributed by atoms with Gasteiger partial charge >= 0.3 is 0 Å². The number of nitrogens with zero attached hydrogens (tertiary/aromatic N) is 3. The molecule has 1 atom stereocenters. The topological polar surface area (TPSA) is 42.7 Å². The molecule has 0 spiro atoms. The summed E-state index contributed by atoms with van der Waals surface area (Å²) in [5.41, 5.74) is 1.11. The Morgan fingerprint density at radius 3 is 3.00 bits per heavy atom. The minimum atomic E-state index is 0.354. The Hall–Kier alpha value is -1.20. The van der Waals surface area contributed by atoms with Gasteiger partial charge in [-0.3, -0.25) is 4.68 Å². The van der Waals surface area contributed by atoms with E-state index in [2.05, 4.69) is 35.4 Å². The fourth-order valence-electron chi connectivity index (χ4n) is 1.59. The summed E-state index contributed by atoms with van der Waals surface area (Å²) in [7, 11) is 1.96. The van der Waals surface area contributed by atoms with Gasteiger partial charge in [0.15, 0.2) is 0 Å². The molecular formula is C12H18N4S. The average molecular weight is 250 g/mol. The lowest BCUT2D eigenvalue weighted by molar-refractivity contribution is 0.603. The molecule has 0 fully saturated rings. The first-order valence-electron chi connectivity index (χ1n) is 5.90. The zero-order valence-corrected chi connectivity index (χ0v) is 11.3. The van der Waals surface area contributed by atoms with Crippen molar-refractivity contribution in [3.63, 3.8) is 0 Å². The summed E-state index contributed by atoms with van der Waals surface area (Å²) in [5, 5.41) is 8.59. The van der Waals surface area contributed by atoms with Crippen molar-refractivity contribution >= 4 is 11.3 Å². The normalized spacial score (nSPS) is 12.9. The van der Waals surface area contributed by atoms with Crippen molar-refractivity contribution in [2.45, 2.75) is 32.9 Å². The fourth-order valence-corrected chi connectivity index (χ4v) is 2.54. The van der Waals surface area contributed by atoms with E-state index in [1.807, 2.05) is 24.1 Å². The molecule has 0 saturated heterocycles. The highest BCUT2D eigenvalue weighted by Gasteiger charge is 2.10. The zero-order chi connectivity index (χ0) is 12.3. The van der Waals surface area contributed by atoms with Crippen LogP contribution in [0.4, 0.5) is 0 Å². The van der Waals surface area contributed by atoms with Gasteiger partial charge in [-0.2, -0.15) is 5.10 Å². The van der Waals surface area contributed by atoms with Crippen LogP contribution in [-0.4, -0.2) is 21.8 Å². The molecule has 0 amide bonds. The molecular weight excluding hydrogens is 232 g/mol. The minimum Gasteiger partial charge on any atom is -0.312 e. The lowest BCUT2D eigenvalue weighted by Gasteiger charge is -2.04. The van der Waals surface area contributed by atoms with Gasteiger partial charge in [0.05, 0.1) is 6.20 Å². The van der Waals surface area contributed by atoms with Gasteiger partial charge in [0.1, 0.15) is 5.01 Å². The van der Waals surface area contributed by atoms with Crippen molar-refractivity contribution in [1.82, 2.24) is 20.1 Å². The molecule has 0 radical (unpaired) electrons. The van der Waals surface area contributed by atoms with Crippen molar-refractivity contribution in [3.8, 4) is 10.6 Å². The lowest BCUT2D eigenvalue weighted by atomic mass is 10.3. The maximum Gasteiger partial charge on any atom is 0.126 e. The Kier molecular flexibility index (Phi) is 3.91. The Bertz CT molecular complexity index is 474. The largest absolute Gasteiger partial charge is 0.312 e. The van der Waals surface area contributed by atoms with Crippen molar-refractivity contribution in [3.05, 3.63) is 23.5 Å². The van der Waals surface area contributed by atoms with Crippen LogP contribution >= 0.6 is 11.3 Å². The van der Waals surface area contributed by atoms with E-state index in [0.29, 0.717) is 6.04 Å². The van der Waals surface area contributed by atoms with Crippen LogP contribution in [0.2, 0.25) is 0 Å². The summed E-state index contributed by atoms with van der Waals surface area (Å²) in [6.07, 6.45) is 7.00. The standard InChI is InChI=1S/C12H18N4S/c1-4-5-16-8-10(6-15-16)12-14-7-11(17-12)9(2)13-3/h6-9,13H,4-5H2,1-3H3. The summed E-state index contributed by atoms with van der Waals surface area (Å²) in [5.74, 6) is 0. The SMILES string of the molecule is CCCn1cc(-c2ncc(C(C)NC)s2)cn1. The second kappa shape index (κ2) is 5.42. The third-order valence-corrected chi connectivity index (χ3v) is 3.95. The molecule has 0 saturated carbocycles. The van der Waals surface area contributed by atoms with E-state index in [1.165, 1.54) is 4.88 Å². The summed E-state index contributed by atoms with van der Waals surface area (Å²) in [6.45, 7) is 5.25. The predicted molar refractivity (Wildman–Crippen MR) is 71.1 cm³/mol. The first-order chi connectivity index (χ1) is 8.24. The molecule has 0 aromatic carbocycles. The van der Waals surface area contributed by atoms with Gasteiger partial charge in [0, 0.05) is 35.4 Å². The maximum absolute atomic E-state index is 4.45. The number of aryl methyl sites for hydroxylation is 1. The first-order valence-corrected chi connectivity index (χ1v) is 6.72. The van der Waals surface area contributed by atoms with Crippen LogP contribution < -0.4 is 5.32 Å². The zero-order valence-electron chi connectivity index (χ0n) is 10.5. The molecule has 0 bridgehead atoms. The highest BCUT2D eigenvalue weighted by atomic mass is 32.1. The van der Waals surface area contributed by atoms with Crippen molar-refractivity contribution in [1.29, 1.82) is 0 Å². The van der Waals surface area contributed by atoms with Crippen molar-refractivity contribution < 1.29 is 0 Å². The maximum atomic E-state index is 4.45. The Labute approximate surface area is 106 Å². The van der Waals surface area contributed by atoms with E-state index in [0.717, 1.165) is 23.5 Å². The molecule has 2 aromatic heterocycles. The van der Waals surface area contributed by atoms with Crippen molar-refractivity contribution in [2.75, 3.05) is 7.05 Å². The van der Waals surface area contributed by atoms with E-state index in [4.69, 9.17) is 0 Å². The van der Waals surface area contributed by atoms with E-state index in [1.54, 1.807) is 11.3 Å². The number of aromatic nitrogens is 3. The molecule has 2 rings (SSSR count). The molecule has 0 aliphatic rings. The van der Waals surface area contributed by atoms with Crippen LogP contribution in [0.15, 0.2) is 18.6 Å². The highest BCUT2D eigenvalue weighted by molar-refractivity contribution is 7.15. The molecule has 5 heteroatoms. The third-order valence-electron chi connectivity index (χ3n) is 2.72. The first kappa shape index (κ1) is 12.3.